The van der Waals surface area contributed by atoms with Gasteiger partial charge < -0.3 is 37.1 Å². The van der Waals surface area contributed by atoms with Crippen molar-refractivity contribution in [3.63, 3.8) is 0 Å². The minimum absolute atomic E-state index is 0.0136. The number of alkyl carbamates (subject to hydrolysis) is 1. The van der Waals surface area contributed by atoms with E-state index in [1.54, 1.807) is 6.08 Å². The summed E-state index contributed by atoms with van der Waals surface area (Å²) in [5.74, 6) is -1.37. The van der Waals surface area contributed by atoms with Gasteiger partial charge in [-0.1, -0.05) is 88.4 Å². The zero-order valence-electron chi connectivity index (χ0n) is 27.2. The van der Waals surface area contributed by atoms with E-state index in [1.807, 2.05) is 88.4 Å². The molecule has 8 N–H and O–H groups in total. The first-order valence-corrected chi connectivity index (χ1v) is 15.6. The summed E-state index contributed by atoms with van der Waals surface area (Å²) in [6.07, 6.45) is 3.35. The highest BCUT2D eigenvalue weighted by Crippen LogP contribution is 2.10. The number of ether oxygens (including phenoxy) is 1. The molecule has 0 saturated carbocycles. The lowest BCUT2D eigenvalue weighted by atomic mass is 9.99. The van der Waals surface area contributed by atoms with Crippen molar-refractivity contribution in [2.24, 2.45) is 17.6 Å². The summed E-state index contributed by atoms with van der Waals surface area (Å²) in [6.45, 7) is 8.29. The predicted molar refractivity (Wildman–Crippen MR) is 179 cm³/mol. The maximum atomic E-state index is 13.5. The highest BCUT2D eigenvalue weighted by molar-refractivity contribution is 5.92. The summed E-state index contributed by atoms with van der Waals surface area (Å²) in [7, 11) is 0. The molecule has 0 aliphatic rings. The Balaban J connectivity index is 2.06. The van der Waals surface area contributed by atoms with Crippen LogP contribution in [0.25, 0.3) is 6.08 Å². The first kappa shape index (κ1) is 37.3. The molecule has 0 bridgehead atoms. The summed E-state index contributed by atoms with van der Waals surface area (Å²) >= 11 is 0. The number of amides is 4. The topological polar surface area (TPSA) is 188 Å². The van der Waals surface area contributed by atoms with Crippen LogP contribution < -0.4 is 32.3 Å². The van der Waals surface area contributed by atoms with Gasteiger partial charge in [0.05, 0.1) is 0 Å². The van der Waals surface area contributed by atoms with E-state index in [1.165, 1.54) is 6.08 Å². The van der Waals surface area contributed by atoms with Gasteiger partial charge in [0.25, 0.3) is 0 Å². The molecule has 12 nitrogen and oxygen atoms in total. The quantitative estimate of drug-likeness (QED) is 0.0567. The third kappa shape index (κ3) is 15.2. The van der Waals surface area contributed by atoms with E-state index in [4.69, 9.17) is 15.9 Å². The molecule has 3 atom stereocenters. The van der Waals surface area contributed by atoms with Gasteiger partial charge in [0.15, 0.2) is 5.96 Å². The smallest absolute Gasteiger partial charge is 0.408 e. The molecule has 46 heavy (non-hydrogen) atoms. The summed E-state index contributed by atoms with van der Waals surface area (Å²) in [6, 6.07) is 16.3. The molecule has 0 unspecified atom stereocenters. The second kappa shape index (κ2) is 20.2. The van der Waals surface area contributed by atoms with Crippen LogP contribution >= 0.6 is 0 Å². The van der Waals surface area contributed by atoms with Crippen LogP contribution in [0, 0.1) is 17.2 Å². The van der Waals surface area contributed by atoms with Gasteiger partial charge >= 0.3 is 6.09 Å². The second-order valence-electron chi connectivity index (χ2n) is 11.8. The van der Waals surface area contributed by atoms with Crippen molar-refractivity contribution in [3.05, 3.63) is 77.9 Å². The van der Waals surface area contributed by atoms with E-state index in [2.05, 4.69) is 26.6 Å². The van der Waals surface area contributed by atoms with E-state index in [9.17, 15) is 19.2 Å². The SMILES string of the molecule is CC(C)C[C@H](NC(=O)[C@H](CCCNC(=N)N)NC(=O)OCc1ccccc1)C(=O)N[C@H](CNC(=O)/C=C/c1ccccc1)C(C)C. The largest absolute Gasteiger partial charge is 0.445 e. The average Bonchev–Trinajstić information content (AvgIpc) is 3.02. The summed E-state index contributed by atoms with van der Waals surface area (Å²) in [5, 5.41) is 21.3. The molecule has 250 valence electrons. The van der Waals surface area contributed by atoms with Gasteiger partial charge in [-0.3, -0.25) is 19.8 Å². The molecule has 4 amide bonds. The zero-order chi connectivity index (χ0) is 33.9. The van der Waals surface area contributed by atoms with Gasteiger partial charge in [0, 0.05) is 25.2 Å². The number of carbonyl (C=O) groups is 4. The molecule has 0 aliphatic carbocycles. The first-order chi connectivity index (χ1) is 21.9. The number of nitrogens with one attached hydrogen (secondary N) is 6. The third-order valence-electron chi connectivity index (χ3n) is 7.00. The fourth-order valence-corrected chi connectivity index (χ4v) is 4.42. The van der Waals surface area contributed by atoms with Gasteiger partial charge in [-0.2, -0.15) is 0 Å². The van der Waals surface area contributed by atoms with Crippen LogP contribution in [0.1, 0.15) is 58.1 Å². The summed E-state index contributed by atoms with van der Waals surface area (Å²) in [5.41, 5.74) is 7.05. The molecule has 2 aromatic carbocycles. The number of hydrogen-bond donors (Lipinski definition) is 7. The van der Waals surface area contributed by atoms with Crippen LogP contribution in [-0.4, -0.2) is 61.0 Å². The van der Waals surface area contributed by atoms with Crippen LogP contribution in [0.5, 0.6) is 0 Å². The maximum Gasteiger partial charge on any atom is 0.408 e. The Bertz CT molecular complexity index is 1290. The molecule has 2 rings (SSSR count). The molecule has 2 aromatic rings. The molecule has 0 aliphatic heterocycles. The monoisotopic (exact) mass is 635 g/mol. The molecule has 12 heteroatoms. The number of nitrogens with two attached hydrogens (primary N) is 1. The molecule has 0 aromatic heterocycles. The molecular formula is C34H49N7O5. The maximum absolute atomic E-state index is 13.5. The first-order valence-electron chi connectivity index (χ1n) is 15.6. The number of guanidine groups is 1. The number of benzene rings is 2. The van der Waals surface area contributed by atoms with E-state index in [0.29, 0.717) is 19.4 Å². The standard InChI is InChI=1S/C34H49N7O5/c1-23(2)20-28(32(44)40-29(24(3)4)21-38-30(42)18-17-25-12-7-5-8-13-25)39-31(43)27(16-11-19-37-33(35)36)41-34(45)46-22-26-14-9-6-10-15-26/h5-10,12-15,17-18,23-24,27-29H,11,16,19-22H2,1-4H3,(H,38,42)(H,39,43)(H,40,44)(H,41,45)(H4,35,36,37)/b18-17+/t27-,28-,29+/m0/s1. The Morgan fingerprint density at radius 1 is 0.848 bits per heavy atom. The van der Waals surface area contributed by atoms with Crippen molar-refractivity contribution in [2.75, 3.05) is 13.1 Å². The Hall–Kier alpha value is -4.87. The van der Waals surface area contributed by atoms with E-state index in [-0.39, 0.29) is 43.3 Å². The van der Waals surface area contributed by atoms with E-state index >= 15 is 0 Å². The van der Waals surface area contributed by atoms with E-state index < -0.39 is 36.0 Å². The van der Waals surface area contributed by atoms with Gasteiger partial charge in [-0.15, -0.1) is 0 Å². The number of carbonyl (C=O) groups excluding carboxylic acids is 4. The average molecular weight is 636 g/mol. The normalized spacial score (nSPS) is 13.0. The van der Waals surface area contributed by atoms with Crippen LogP contribution in [-0.2, 0) is 25.7 Å². The predicted octanol–water partition coefficient (Wildman–Crippen LogP) is 3.05. The Morgan fingerprint density at radius 3 is 2.09 bits per heavy atom. The lowest BCUT2D eigenvalue weighted by Crippen LogP contribution is -2.57. The van der Waals surface area contributed by atoms with Gasteiger partial charge in [0.2, 0.25) is 17.7 Å². The molecule has 0 saturated heterocycles. The highest BCUT2D eigenvalue weighted by Gasteiger charge is 2.29. The number of hydrogen-bond acceptors (Lipinski definition) is 6. The van der Waals surface area contributed by atoms with Crippen molar-refractivity contribution in [2.45, 2.75) is 71.7 Å². The molecular weight excluding hydrogens is 586 g/mol. The Labute approximate surface area is 271 Å². The number of rotatable bonds is 18. The van der Waals surface area contributed by atoms with Gasteiger partial charge in [-0.05, 0) is 48.3 Å². The fourth-order valence-electron chi connectivity index (χ4n) is 4.42. The lowest BCUT2D eigenvalue weighted by Gasteiger charge is -2.28. The fraction of sp³-hybridized carbons (Fsp3) is 0.441. The van der Waals surface area contributed by atoms with Crippen molar-refractivity contribution in [1.29, 1.82) is 5.41 Å². The van der Waals surface area contributed by atoms with E-state index in [0.717, 1.165) is 11.1 Å². The molecule has 0 fully saturated rings. The lowest BCUT2D eigenvalue weighted by molar-refractivity contribution is -0.131. The van der Waals surface area contributed by atoms with Crippen molar-refractivity contribution in [1.82, 2.24) is 26.6 Å². The Kier molecular flexibility index (Phi) is 16.4. The van der Waals surface area contributed by atoms with Crippen molar-refractivity contribution < 1.29 is 23.9 Å². The Morgan fingerprint density at radius 2 is 1.48 bits per heavy atom. The molecule has 0 radical (unpaired) electrons. The molecule has 0 spiro atoms. The summed E-state index contributed by atoms with van der Waals surface area (Å²) in [4.78, 5) is 52.1. The van der Waals surface area contributed by atoms with Crippen LogP contribution in [0.4, 0.5) is 4.79 Å². The van der Waals surface area contributed by atoms with Crippen LogP contribution in [0.3, 0.4) is 0 Å². The van der Waals surface area contributed by atoms with Gasteiger partial charge in [0.1, 0.15) is 18.7 Å². The van der Waals surface area contributed by atoms with Crippen molar-refractivity contribution in [3.8, 4) is 0 Å². The second-order valence-corrected chi connectivity index (χ2v) is 11.8. The van der Waals surface area contributed by atoms with Crippen LogP contribution in [0.2, 0.25) is 0 Å². The minimum atomic E-state index is -1.00. The third-order valence-corrected chi connectivity index (χ3v) is 7.00. The minimum Gasteiger partial charge on any atom is -0.445 e. The highest BCUT2D eigenvalue weighted by atomic mass is 16.5. The zero-order valence-corrected chi connectivity index (χ0v) is 27.2. The van der Waals surface area contributed by atoms with Gasteiger partial charge in [-0.25, -0.2) is 4.79 Å². The van der Waals surface area contributed by atoms with Crippen LogP contribution in [0.15, 0.2) is 66.7 Å². The summed E-state index contributed by atoms with van der Waals surface area (Å²) < 4.78 is 5.32. The van der Waals surface area contributed by atoms with Crippen molar-refractivity contribution >= 4 is 35.9 Å². The molecule has 0 heterocycles.